The fourth-order valence-corrected chi connectivity index (χ4v) is 9.57. The van der Waals surface area contributed by atoms with Crippen LogP contribution in [0, 0.1) is 0 Å². The molecule has 0 bridgehead atoms. The van der Waals surface area contributed by atoms with Crippen molar-refractivity contribution >= 4 is 55.2 Å². The molecule has 3 heterocycles. The summed E-state index contributed by atoms with van der Waals surface area (Å²) in [5.41, 5.74) is 17.9. The van der Waals surface area contributed by atoms with Gasteiger partial charge < -0.3 is 4.90 Å². The summed E-state index contributed by atoms with van der Waals surface area (Å²) < 4.78 is 2.20. The minimum Gasteiger partial charge on any atom is -0.307 e. The van der Waals surface area contributed by atoms with Gasteiger partial charge in [-0.05, 0) is 143 Å². The SMILES string of the molecule is c1ccc(-c2c3c(c(-c4ccccc4)c4ccccc24)-c2ccc(-c4cccc(N(c5ccccc5)c5ccc6ccc7cccnc7[n+]6c5)c4)c4cccc-3c24)cc1. The molecule has 0 atom stereocenters. The quantitative estimate of drug-likeness (QED) is 0.125. The molecule has 0 radical (unpaired) electrons. The number of aromatic nitrogens is 2. The summed E-state index contributed by atoms with van der Waals surface area (Å²) in [6.45, 7) is 0. The average Bonchev–Trinajstić information content (AvgIpc) is 3.64. The van der Waals surface area contributed by atoms with Gasteiger partial charge in [-0.1, -0.05) is 146 Å². The molecule has 12 rings (SSSR count). The summed E-state index contributed by atoms with van der Waals surface area (Å²) in [5.74, 6) is 0. The number of benzene rings is 8. The lowest BCUT2D eigenvalue weighted by atomic mass is 9.82. The number of fused-ring (bicyclic) bond motifs is 7. The van der Waals surface area contributed by atoms with Crippen molar-refractivity contribution in [3.05, 3.63) is 219 Å². The van der Waals surface area contributed by atoms with Crippen molar-refractivity contribution in [1.29, 1.82) is 0 Å². The molecule has 8 aromatic carbocycles. The average molecular weight is 751 g/mol. The molecule has 0 aliphatic heterocycles. The first-order chi connectivity index (χ1) is 29.3. The predicted molar refractivity (Wildman–Crippen MR) is 245 cm³/mol. The van der Waals surface area contributed by atoms with Crippen molar-refractivity contribution in [2.75, 3.05) is 4.90 Å². The van der Waals surface area contributed by atoms with Crippen LogP contribution in [0.25, 0.3) is 93.7 Å². The van der Waals surface area contributed by atoms with E-state index in [0.717, 1.165) is 33.6 Å². The van der Waals surface area contributed by atoms with Gasteiger partial charge in [-0.15, -0.1) is 0 Å². The Morgan fingerprint density at radius 3 is 1.68 bits per heavy atom. The van der Waals surface area contributed by atoms with E-state index in [-0.39, 0.29) is 0 Å². The molecule has 59 heavy (non-hydrogen) atoms. The number of anilines is 3. The Morgan fingerprint density at radius 1 is 0.373 bits per heavy atom. The number of nitrogens with zero attached hydrogens (tertiary/aromatic N) is 3. The topological polar surface area (TPSA) is 20.2 Å². The van der Waals surface area contributed by atoms with Gasteiger partial charge >= 0.3 is 5.65 Å². The van der Waals surface area contributed by atoms with Crippen LogP contribution in [-0.4, -0.2) is 4.98 Å². The zero-order valence-electron chi connectivity index (χ0n) is 32.1. The molecule has 0 N–H and O–H groups in total. The van der Waals surface area contributed by atoms with Gasteiger partial charge in [-0.25, -0.2) is 0 Å². The zero-order chi connectivity index (χ0) is 38.9. The molecule has 0 unspecified atom stereocenters. The van der Waals surface area contributed by atoms with Crippen LogP contribution in [0.5, 0.6) is 0 Å². The van der Waals surface area contributed by atoms with Crippen molar-refractivity contribution in [2.24, 2.45) is 0 Å². The van der Waals surface area contributed by atoms with Gasteiger partial charge in [-0.3, -0.25) is 0 Å². The van der Waals surface area contributed by atoms with E-state index in [1.165, 1.54) is 77.2 Å². The highest BCUT2D eigenvalue weighted by molar-refractivity contribution is 6.28. The molecule has 3 aromatic heterocycles. The maximum absolute atomic E-state index is 4.78. The third-order valence-electron chi connectivity index (χ3n) is 12.1. The Bertz CT molecular complexity index is 3340. The number of hydrogen-bond donors (Lipinski definition) is 0. The lowest BCUT2D eigenvalue weighted by Crippen LogP contribution is -2.25. The predicted octanol–water partition coefficient (Wildman–Crippen LogP) is 14.4. The fourth-order valence-electron chi connectivity index (χ4n) is 9.57. The number of pyridine rings is 3. The highest BCUT2D eigenvalue weighted by Gasteiger charge is 2.31. The van der Waals surface area contributed by atoms with Crippen LogP contribution in [0.2, 0.25) is 0 Å². The Morgan fingerprint density at radius 2 is 0.949 bits per heavy atom. The smallest absolute Gasteiger partial charge is 0.307 e. The van der Waals surface area contributed by atoms with Crippen LogP contribution in [0.15, 0.2) is 219 Å². The monoisotopic (exact) mass is 750 g/mol. The second kappa shape index (κ2) is 13.4. The van der Waals surface area contributed by atoms with Crippen molar-refractivity contribution in [2.45, 2.75) is 0 Å². The second-order valence-corrected chi connectivity index (χ2v) is 15.3. The normalized spacial score (nSPS) is 11.7. The van der Waals surface area contributed by atoms with E-state index in [0.29, 0.717) is 0 Å². The second-order valence-electron chi connectivity index (χ2n) is 15.3. The zero-order valence-corrected chi connectivity index (χ0v) is 32.1. The largest absolute Gasteiger partial charge is 0.335 e. The summed E-state index contributed by atoms with van der Waals surface area (Å²) in [4.78, 5) is 7.12. The highest BCUT2D eigenvalue weighted by atomic mass is 15.2. The molecular formula is C56H36N3+. The molecule has 11 aromatic rings. The van der Waals surface area contributed by atoms with E-state index in [1.807, 2.05) is 12.3 Å². The van der Waals surface area contributed by atoms with Crippen molar-refractivity contribution in [3.8, 4) is 55.6 Å². The molecule has 1 aliphatic rings. The standard InChI is InChI=1S/C56H36N3/c1-4-15-37(16-5-1)51-47-24-10-11-25-48(47)52(38-17-6-2-7-18-38)55-50-33-32-45(46-26-13-27-49(53(46)50)54(51)55)40-19-12-23-43(35-40)59(42-21-8-3-9-22-42)44-31-30-41-29-28-39-20-14-34-57-56(39)58(41)36-44/h1-36H/q+1. The summed E-state index contributed by atoms with van der Waals surface area (Å²) in [5, 5.41) is 6.20. The minimum atomic E-state index is 0.932. The van der Waals surface area contributed by atoms with Gasteiger partial charge in [0.1, 0.15) is 17.9 Å². The van der Waals surface area contributed by atoms with E-state index in [9.17, 15) is 0 Å². The Kier molecular flexibility index (Phi) is 7.54. The number of para-hydroxylation sites is 1. The fraction of sp³-hybridized carbons (Fsp3) is 0. The summed E-state index contributed by atoms with van der Waals surface area (Å²) in [6, 6.07) is 74.9. The molecule has 0 amide bonds. The maximum Gasteiger partial charge on any atom is 0.335 e. The molecule has 0 saturated heterocycles. The third-order valence-corrected chi connectivity index (χ3v) is 12.1. The molecule has 0 fully saturated rings. The molecule has 3 heteroatoms. The van der Waals surface area contributed by atoms with Crippen LogP contribution in [-0.2, 0) is 0 Å². The van der Waals surface area contributed by atoms with Crippen LogP contribution in [0.3, 0.4) is 0 Å². The van der Waals surface area contributed by atoms with E-state index in [4.69, 9.17) is 4.98 Å². The van der Waals surface area contributed by atoms with Gasteiger partial charge in [0.25, 0.3) is 0 Å². The van der Waals surface area contributed by atoms with Crippen molar-refractivity contribution in [3.63, 3.8) is 0 Å². The molecule has 1 aliphatic carbocycles. The summed E-state index contributed by atoms with van der Waals surface area (Å²) in [6.07, 6.45) is 4.07. The van der Waals surface area contributed by atoms with Crippen LogP contribution in [0.1, 0.15) is 0 Å². The Balaban J connectivity index is 1.08. The van der Waals surface area contributed by atoms with E-state index < -0.39 is 0 Å². The molecular weight excluding hydrogens is 715 g/mol. The third kappa shape index (κ3) is 5.22. The van der Waals surface area contributed by atoms with Gasteiger partial charge in [-0.2, -0.15) is 4.40 Å². The molecule has 0 spiro atoms. The van der Waals surface area contributed by atoms with Gasteiger partial charge in [0.15, 0.2) is 0 Å². The number of rotatable bonds is 6. The van der Waals surface area contributed by atoms with E-state index >= 15 is 0 Å². The highest BCUT2D eigenvalue weighted by Crippen LogP contribution is 2.58. The van der Waals surface area contributed by atoms with E-state index in [2.05, 4.69) is 216 Å². The first-order valence-corrected chi connectivity index (χ1v) is 20.2. The van der Waals surface area contributed by atoms with Gasteiger partial charge in [0.2, 0.25) is 0 Å². The van der Waals surface area contributed by atoms with Crippen molar-refractivity contribution in [1.82, 2.24) is 4.98 Å². The Labute approximate surface area is 342 Å². The maximum atomic E-state index is 4.78. The number of hydrogen-bond acceptors (Lipinski definition) is 2. The summed E-state index contributed by atoms with van der Waals surface area (Å²) >= 11 is 0. The minimum absolute atomic E-state index is 0.932. The van der Waals surface area contributed by atoms with E-state index in [1.54, 1.807) is 0 Å². The Hall–Kier alpha value is -7.88. The van der Waals surface area contributed by atoms with Crippen molar-refractivity contribution < 1.29 is 4.40 Å². The van der Waals surface area contributed by atoms with Gasteiger partial charge in [0, 0.05) is 11.4 Å². The lowest BCUT2D eigenvalue weighted by molar-refractivity contribution is -0.483. The molecule has 274 valence electrons. The first kappa shape index (κ1) is 33.3. The van der Waals surface area contributed by atoms with Crippen LogP contribution in [0.4, 0.5) is 17.1 Å². The van der Waals surface area contributed by atoms with Crippen LogP contribution < -0.4 is 9.30 Å². The lowest BCUT2D eigenvalue weighted by Gasteiger charge is -2.25. The van der Waals surface area contributed by atoms with Gasteiger partial charge in [0.05, 0.1) is 11.1 Å². The first-order valence-electron chi connectivity index (χ1n) is 20.2. The summed E-state index contributed by atoms with van der Waals surface area (Å²) in [7, 11) is 0. The molecule has 3 nitrogen and oxygen atoms in total. The molecule has 0 saturated carbocycles. The van der Waals surface area contributed by atoms with Crippen LogP contribution >= 0.6 is 0 Å².